The maximum absolute atomic E-state index is 10.5. The quantitative estimate of drug-likeness (QED) is 0.469. The number of rotatable bonds is 1. The maximum atomic E-state index is 10.5. The Kier molecular flexibility index (Phi) is 2.36. The summed E-state index contributed by atoms with van der Waals surface area (Å²) in [6, 6.07) is 0. The SMILES string of the molecule is O=[P+](O)C1(O)CCNCC1. The van der Waals surface area contributed by atoms with Gasteiger partial charge in [-0.15, -0.1) is 0 Å². The molecule has 5 heteroatoms. The number of nitrogens with one attached hydrogen (secondary N) is 1. The van der Waals surface area contributed by atoms with Gasteiger partial charge in [0.25, 0.3) is 5.34 Å². The van der Waals surface area contributed by atoms with Gasteiger partial charge in [0.05, 0.1) is 0 Å². The minimum Gasteiger partial charge on any atom is -0.346 e. The Bertz CT molecular complexity index is 144. The molecule has 1 aliphatic rings. The molecule has 3 N–H and O–H groups in total. The molecule has 0 aromatic rings. The number of hydrogen-bond acceptors (Lipinski definition) is 3. The fraction of sp³-hybridized carbons (Fsp3) is 1.00. The lowest BCUT2D eigenvalue weighted by Crippen LogP contribution is -2.39. The predicted molar refractivity (Wildman–Crippen MR) is 36.9 cm³/mol. The van der Waals surface area contributed by atoms with Crippen LogP contribution in [0.15, 0.2) is 0 Å². The molecule has 1 fully saturated rings. The summed E-state index contributed by atoms with van der Waals surface area (Å²) >= 11 is 0. The van der Waals surface area contributed by atoms with Crippen molar-refractivity contribution < 1.29 is 14.6 Å². The Balaban J connectivity index is 2.56. The lowest BCUT2D eigenvalue weighted by atomic mass is 10.1. The minimum atomic E-state index is -2.44. The molecule has 0 amide bonds. The molecule has 0 aliphatic carbocycles. The van der Waals surface area contributed by atoms with Gasteiger partial charge in [0.1, 0.15) is 0 Å². The highest BCUT2D eigenvalue weighted by Gasteiger charge is 2.47. The van der Waals surface area contributed by atoms with E-state index in [9.17, 15) is 9.67 Å². The number of aliphatic hydroxyl groups is 1. The fourth-order valence-electron chi connectivity index (χ4n) is 1.02. The summed E-state index contributed by atoms with van der Waals surface area (Å²) in [7, 11) is -2.44. The second-order valence-electron chi connectivity index (χ2n) is 2.51. The molecule has 1 saturated heterocycles. The van der Waals surface area contributed by atoms with Crippen LogP contribution in [0.1, 0.15) is 12.8 Å². The molecular weight excluding hydrogens is 153 g/mol. The zero-order valence-electron chi connectivity index (χ0n) is 5.58. The van der Waals surface area contributed by atoms with E-state index < -0.39 is 13.4 Å². The van der Waals surface area contributed by atoms with E-state index in [1.165, 1.54) is 0 Å². The third kappa shape index (κ3) is 1.52. The summed E-state index contributed by atoms with van der Waals surface area (Å²) < 4.78 is 10.5. The summed E-state index contributed by atoms with van der Waals surface area (Å²) in [5, 5.41) is 11.1. The van der Waals surface area contributed by atoms with Crippen LogP contribution in [0, 0.1) is 0 Å². The van der Waals surface area contributed by atoms with Crippen LogP contribution in [0.5, 0.6) is 0 Å². The first-order valence-electron chi connectivity index (χ1n) is 3.24. The van der Waals surface area contributed by atoms with Crippen molar-refractivity contribution in [2.75, 3.05) is 13.1 Å². The lowest BCUT2D eigenvalue weighted by Gasteiger charge is -2.20. The summed E-state index contributed by atoms with van der Waals surface area (Å²) in [6.07, 6.45) is 0.747. The first-order valence-corrected chi connectivity index (χ1v) is 4.46. The molecular formula is C5H11NO3P+. The first-order chi connectivity index (χ1) is 4.65. The van der Waals surface area contributed by atoms with E-state index in [1.807, 2.05) is 0 Å². The molecule has 0 saturated carbocycles. The van der Waals surface area contributed by atoms with Crippen molar-refractivity contribution in [2.45, 2.75) is 18.2 Å². The molecule has 0 aromatic carbocycles. The largest absolute Gasteiger partial charge is 0.541 e. The molecule has 4 nitrogen and oxygen atoms in total. The van der Waals surface area contributed by atoms with Gasteiger partial charge in [-0.25, -0.2) is 0 Å². The third-order valence-corrected chi connectivity index (χ3v) is 2.92. The van der Waals surface area contributed by atoms with E-state index in [-0.39, 0.29) is 0 Å². The Morgan fingerprint density at radius 1 is 1.40 bits per heavy atom. The number of piperidine rings is 1. The molecule has 10 heavy (non-hydrogen) atoms. The fourth-order valence-corrected chi connectivity index (χ4v) is 1.62. The average molecular weight is 164 g/mol. The van der Waals surface area contributed by atoms with E-state index in [4.69, 9.17) is 4.89 Å². The molecule has 1 atom stereocenters. The lowest BCUT2D eigenvalue weighted by molar-refractivity contribution is 0.0824. The molecule has 0 radical (unpaired) electrons. The number of hydrogen-bond donors (Lipinski definition) is 3. The van der Waals surface area contributed by atoms with E-state index in [1.54, 1.807) is 0 Å². The minimum absolute atomic E-state index is 0.374. The van der Waals surface area contributed by atoms with Crippen molar-refractivity contribution in [3.05, 3.63) is 0 Å². The maximum Gasteiger partial charge on any atom is 0.541 e. The van der Waals surface area contributed by atoms with E-state index in [0.717, 1.165) is 0 Å². The van der Waals surface area contributed by atoms with Crippen LogP contribution in [0.2, 0.25) is 0 Å². The zero-order valence-corrected chi connectivity index (χ0v) is 6.47. The van der Waals surface area contributed by atoms with Crippen LogP contribution in [-0.4, -0.2) is 28.4 Å². The van der Waals surface area contributed by atoms with Crippen LogP contribution in [0.25, 0.3) is 0 Å². The Morgan fingerprint density at radius 2 is 1.90 bits per heavy atom. The van der Waals surface area contributed by atoms with Crippen LogP contribution in [0.3, 0.4) is 0 Å². The van der Waals surface area contributed by atoms with Crippen LogP contribution >= 0.6 is 8.03 Å². The van der Waals surface area contributed by atoms with Gasteiger partial charge in [-0.1, -0.05) is 0 Å². The van der Waals surface area contributed by atoms with Crippen molar-refractivity contribution in [3.63, 3.8) is 0 Å². The highest BCUT2D eigenvalue weighted by molar-refractivity contribution is 7.39. The molecule has 0 spiro atoms. The highest BCUT2D eigenvalue weighted by atomic mass is 31.1. The highest BCUT2D eigenvalue weighted by Crippen LogP contribution is 2.39. The molecule has 1 unspecified atom stereocenters. The predicted octanol–water partition coefficient (Wildman–Crippen LogP) is -0.207. The Morgan fingerprint density at radius 3 is 2.20 bits per heavy atom. The summed E-state index contributed by atoms with van der Waals surface area (Å²) in [5.74, 6) is 0. The van der Waals surface area contributed by atoms with Crippen molar-refractivity contribution >= 4 is 8.03 Å². The average Bonchev–Trinajstić information content (AvgIpc) is 1.89. The van der Waals surface area contributed by atoms with Crippen molar-refractivity contribution in [2.24, 2.45) is 0 Å². The van der Waals surface area contributed by atoms with Gasteiger partial charge in [0.15, 0.2) is 0 Å². The molecule has 0 bridgehead atoms. The molecule has 1 rings (SSSR count). The normalized spacial score (nSPS) is 26.0. The van der Waals surface area contributed by atoms with Gasteiger partial charge in [-0.3, -0.25) is 0 Å². The summed E-state index contributed by atoms with van der Waals surface area (Å²) in [5.41, 5.74) is 0. The van der Waals surface area contributed by atoms with Crippen molar-refractivity contribution in [1.82, 2.24) is 5.32 Å². The van der Waals surface area contributed by atoms with Gasteiger partial charge >= 0.3 is 8.03 Å². The topological polar surface area (TPSA) is 69.6 Å². The van der Waals surface area contributed by atoms with Crippen LogP contribution in [0.4, 0.5) is 0 Å². The zero-order chi connectivity index (χ0) is 7.61. The summed E-state index contributed by atoms with van der Waals surface area (Å²) in [6.45, 7) is 1.25. The molecule has 58 valence electrons. The Labute approximate surface area is 60.1 Å². The summed E-state index contributed by atoms with van der Waals surface area (Å²) in [4.78, 5) is 8.67. The second-order valence-corrected chi connectivity index (χ2v) is 3.88. The molecule has 1 aliphatic heterocycles. The van der Waals surface area contributed by atoms with Crippen LogP contribution < -0.4 is 5.32 Å². The van der Waals surface area contributed by atoms with Gasteiger partial charge in [-0.05, 0) is 4.57 Å². The monoisotopic (exact) mass is 164 g/mol. The van der Waals surface area contributed by atoms with E-state index >= 15 is 0 Å². The van der Waals surface area contributed by atoms with E-state index in [2.05, 4.69) is 5.32 Å². The van der Waals surface area contributed by atoms with Gasteiger partial charge in [-0.2, -0.15) is 4.89 Å². The van der Waals surface area contributed by atoms with Gasteiger partial charge in [0, 0.05) is 25.9 Å². The van der Waals surface area contributed by atoms with Crippen LogP contribution in [-0.2, 0) is 4.57 Å². The second kappa shape index (κ2) is 2.93. The molecule has 0 aromatic heterocycles. The van der Waals surface area contributed by atoms with E-state index in [0.29, 0.717) is 25.9 Å². The van der Waals surface area contributed by atoms with Gasteiger partial charge < -0.3 is 10.4 Å². The smallest absolute Gasteiger partial charge is 0.346 e. The molecule has 1 heterocycles. The standard InChI is InChI=1S/C5H10NO3P/c7-5(10(8)9)1-3-6-4-2-5/h6-7H,1-4H2/p+1. The van der Waals surface area contributed by atoms with Gasteiger partial charge in [0.2, 0.25) is 0 Å². The Hall–Kier alpha value is -0.0200. The third-order valence-electron chi connectivity index (χ3n) is 1.76. The van der Waals surface area contributed by atoms with Crippen molar-refractivity contribution in [1.29, 1.82) is 0 Å². The first kappa shape index (κ1) is 8.08. The van der Waals surface area contributed by atoms with Crippen molar-refractivity contribution in [3.8, 4) is 0 Å².